The largest absolute Gasteiger partial charge is 0.456 e. The highest BCUT2D eigenvalue weighted by molar-refractivity contribution is 6.30. The number of carbonyl (C=O) groups excluding carboxylic acids is 4. The average molecular weight is 418 g/mol. The van der Waals surface area contributed by atoms with Crippen molar-refractivity contribution in [2.45, 2.75) is 39.2 Å². The maximum absolute atomic E-state index is 13.0. The van der Waals surface area contributed by atoms with E-state index in [1.54, 1.807) is 38.1 Å². The van der Waals surface area contributed by atoms with E-state index in [2.05, 4.69) is 0 Å². The third kappa shape index (κ3) is 3.37. The summed E-state index contributed by atoms with van der Waals surface area (Å²) in [6.07, 6.45) is 2.89. The molecule has 1 aromatic carbocycles. The molecule has 4 rings (SSSR count). The van der Waals surface area contributed by atoms with Crippen molar-refractivity contribution < 1.29 is 23.9 Å². The van der Waals surface area contributed by atoms with Gasteiger partial charge in [0.2, 0.25) is 11.8 Å². The number of fused-ring (bicyclic) bond motifs is 5. The molecule has 2 amide bonds. The van der Waals surface area contributed by atoms with Crippen molar-refractivity contribution in [1.29, 1.82) is 0 Å². The van der Waals surface area contributed by atoms with Gasteiger partial charge in [-0.1, -0.05) is 25.4 Å². The molecule has 1 aromatic rings. The Bertz CT molecular complexity index is 836. The van der Waals surface area contributed by atoms with Crippen molar-refractivity contribution >= 4 is 35.2 Å². The van der Waals surface area contributed by atoms with Crippen LogP contribution in [0, 0.1) is 29.6 Å². The molecule has 0 radical (unpaired) electrons. The summed E-state index contributed by atoms with van der Waals surface area (Å²) in [6, 6.07) is 5.29. The van der Waals surface area contributed by atoms with Gasteiger partial charge in [0.15, 0.2) is 12.4 Å². The summed E-state index contributed by atoms with van der Waals surface area (Å²) in [7, 11) is 0. The molecule has 3 aliphatic rings. The van der Waals surface area contributed by atoms with Crippen molar-refractivity contribution in [2.24, 2.45) is 29.6 Å². The Morgan fingerprint density at radius 1 is 1.07 bits per heavy atom. The van der Waals surface area contributed by atoms with E-state index >= 15 is 0 Å². The maximum Gasteiger partial charge on any atom is 0.330 e. The summed E-state index contributed by atoms with van der Waals surface area (Å²) in [4.78, 5) is 52.3. The Hall–Kier alpha value is -2.21. The molecule has 0 N–H and O–H groups in total. The normalized spacial score (nSPS) is 28.8. The van der Waals surface area contributed by atoms with Crippen molar-refractivity contribution in [3.63, 3.8) is 0 Å². The van der Waals surface area contributed by atoms with Crippen LogP contribution < -0.4 is 0 Å². The van der Waals surface area contributed by atoms with Crippen molar-refractivity contribution in [3.8, 4) is 0 Å². The Balaban J connectivity index is 1.47. The SMILES string of the molecule is CC(C)[C@H](C(=O)OCC(=O)c1ccc(Cl)cc1)N1C(=O)[C@@H]2[C@H]3CC[C@@H](C3)[C@@H]2C1=O. The topological polar surface area (TPSA) is 80.8 Å². The summed E-state index contributed by atoms with van der Waals surface area (Å²) < 4.78 is 5.24. The third-order valence-electron chi connectivity index (χ3n) is 6.62. The molecule has 0 spiro atoms. The van der Waals surface area contributed by atoms with Crippen LogP contribution in [-0.4, -0.2) is 41.1 Å². The van der Waals surface area contributed by atoms with E-state index in [1.165, 1.54) is 0 Å². The number of amides is 2. The fourth-order valence-electron chi connectivity index (χ4n) is 5.32. The number of ether oxygens (including phenoxy) is 1. The number of hydrogen-bond donors (Lipinski definition) is 0. The maximum atomic E-state index is 13.0. The van der Waals surface area contributed by atoms with Crippen LogP contribution >= 0.6 is 11.6 Å². The lowest BCUT2D eigenvalue weighted by atomic mass is 9.81. The number of likely N-dealkylation sites (tertiary alicyclic amines) is 1. The number of nitrogens with zero attached hydrogens (tertiary/aromatic N) is 1. The zero-order chi connectivity index (χ0) is 20.9. The van der Waals surface area contributed by atoms with E-state index in [4.69, 9.17) is 16.3 Å². The zero-order valence-corrected chi connectivity index (χ0v) is 17.2. The lowest BCUT2D eigenvalue weighted by Crippen LogP contribution is -2.50. The van der Waals surface area contributed by atoms with Gasteiger partial charge in [-0.25, -0.2) is 4.79 Å². The molecule has 1 saturated heterocycles. The molecule has 2 aliphatic carbocycles. The number of rotatable bonds is 6. The van der Waals surface area contributed by atoms with Gasteiger partial charge in [-0.05, 0) is 61.3 Å². The molecular weight excluding hydrogens is 394 g/mol. The monoisotopic (exact) mass is 417 g/mol. The van der Waals surface area contributed by atoms with Crippen LogP contribution in [0.2, 0.25) is 5.02 Å². The summed E-state index contributed by atoms with van der Waals surface area (Å²) in [6.45, 7) is 3.10. The molecule has 5 atom stereocenters. The first kappa shape index (κ1) is 20.1. The summed E-state index contributed by atoms with van der Waals surface area (Å²) in [5, 5.41) is 0.504. The van der Waals surface area contributed by atoms with E-state index in [0.29, 0.717) is 10.6 Å². The highest BCUT2D eigenvalue weighted by atomic mass is 35.5. The first-order valence-electron chi connectivity index (χ1n) is 10.1. The predicted octanol–water partition coefficient (Wildman–Crippen LogP) is 3.12. The Morgan fingerprint density at radius 2 is 1.62 bits per heavy atom. The minimum absolute atomic E-state index is 0.244. The number of ketones is 1. The zero-order valence-electron chi connectivity index (χ0n) is 16.5. The quantitative estimate of drug-likeness (QED) is 0.403. The van der Waals surface area contributed by atoms with Crippen molar-refractivity contribution in [3.05, 3.63) is 34.9 Å². The first-order chi connectivity index (χ1) is 13.8. The van der Waals surface area contributed by atoms with Gasteiger partial charge in [0.05, 0.1) is 11.8 Å². The van der Waals surface area contributed by atoms with Crippen molar-refractivity contribution in [1.82, 2.24) is 4.90 Å². The molecule has 2 bridgehead atoms. The van der Waals surface area contributed by atoms with Crippen molar-refractivity contribution in [2.75, 3.05) is 6.61 Å². The minimum Gasteiger partial charge on any atom is -0.456 e. The highest BCUT2D eigenvalue weighted by Crippen LogP contribution is 2.56. The highest BCUT2D eigenvalue weighted by Gasteiger charge is 2.62. The van der Waals surface area contributed by atoms with E-state index in [1.807, 2.05) is 0 Å². The van der Waals surface area contributed by atoms with E-state index in [0.717, 1.165) is 24.2 Å². The first-order valence-corrected chi connectivity index (χ1v) is 10.5. The van der Waals surface area contributed by atoms with Crippen LogP contribution in [0.25, 0.3) is 0 Å². The standard InChI is InChI=1S/C22H24ClNO5/c1-11(2)19(22(28)29-10-16(25)12-5-7-15(23)8-6-12)24-20(26)17-13-3-4-14(9-13)18(17)21(24)27/h5-8,11,13-14,17-19H,3-4,9-10H2,1-2H3/t13-,14-,17-,18+,19+/m0/s1. The number of hydrogen-bond acceptors (Lipinski definition) is 5. The molecule has 7 heteroatoms. The van der Waals surface area contributed by atoms with Crippen LogP contribution in [0.1, 0.15) is 43.5 Å². The molecule has 29 heavy (non-hydrogen) atoms. The second-order valence-corrected chi connectivity index (χ2v) is 9.09. The molecule has 2 saturated carbocycles. The summed E-state index contributed by atoms with van der Waals surface area (Å²) in [5.74, 6) is -1.94. The minimum atomic E-state index is -1.00. The van der Waals surface area contributed by atoms with Gasteiger partial charge < -0.3 is 4.74 Å². The molecule has 3 fully saturated rings. The lowest BCUT2D eigenvalue weighted by molar-refractivity contribution is -0.160. The number of esters is 1. The number of benzene rings is 1. The number of carbonyl (C=O) groups is 4. The summed E-state index contributed by atoms with van der Waals surface area (Å²) >= 11 is 5.82. The van der Waals surface area contributed by atoms with E-state index in [-0.39, 0.29) is 47.2 Å². The van der Waals surface area contributed by atoms with Gasteiger partial charge in [-0.2, -0.15) is 0 Å². The van der Waals surface area contributed by atoms with E-state index < -0.39 is 18.6 Å². The molecular formula is C22H24ClNO5. The van der Waals surface area contributed by atoms with Crippen LogP contribution in [0.3, 0.4) is 0 Å². The molecule has 6 nitrogen and oxygen atoms in total. The van der Waals surface area contributed by atoms with Gasteiger partial charge in [0.1, 0.15) is 6.04 Å². The molecule has 1 heterocycles. The number of halogens is 1. The third-order valence-corrected chi connectivity index (χ3v) is 6.88. The van der Waals surface area contributed by atoms with Crippen LogP contribution in [0.15, 0.2) is 24.3 Å². The second kappa shape index (κ2) is 7.56. The van der Waals surface area contributed by atoms with Gasteiger partial charge in [0.25, 0.3) is 0 Å². The van der Waals surface area contributed by atoms with Gasteiger partial charge in [-0.3, -0.25) is 19.3 Å². The summed E-state index contributed by atoms with van der Waals surface area (Å²) in [5.41, 5.74) is 0.378. The number of Topliss-reactive ketones (excluding diaryl/α,β-unsaturated/α-hetero) is 1. The van der Waals surface area contributed by atoms with E-state index in [9.17, 15) is 19.2 Å². The van der Waals surface area contributed by atoms with Crippen LogP contribution in [0.4, 0.5) is 0 Å². The molecule has 0 aromatic heterocycles. The number of imide groups is 1. The predicted molar refractivity (Wildman–Crippen MR) is 105 cm³/mol. The Kier molecular flexibility index (Phi) is 5.23. The molecule has 1 aliphatic heterocycles. The smallest absolute Gasteiger partial charge is 0.330 e. The second-order valence-electron chi connectivity index (χ2n) is 8.66. The Morgan fingerprint density at radius 3 is 2.14 bits per heavy atom. The fraction of sp³-hybridized carbons (Fsp3) is 0.545. The Labute approximate surface area is 174 Å². The van der Waals surface area contributed by atoms with Gasteiger partial charge >= 0.3 is 5.97 Å². The molecule has 0 unspecified atom stereocenters. The van der Waals surface area contributed by atoms with Crippen LogP contribution in [0.5, 0.6) is 0 Å². The molecule has 154 valence electrons. The van der Waals surface area contributed by atoms with Gasteiger partial charge in [-0.15, -0.1) is 0 Å². The van der Waals surface area contributed by atoms with Gasteiger partial charge in [0, 0.05) is 10.6 Å². The fourth-order valence-corrected chi connectivity index (χ4v) is 5.45. The average Bonchev–Trinajstić information content (AvgIpc) is 3.36. The van der Waals surface area contributed by atoms with Crippen LogP contribution in [-0.2, 0) is 19.1 Å². The lowest BCUT2D eigenvalue weighted by Gasteiger charge is -2.28.